The second-order valence-corrected chi connectivity index (χ2v) is 10.9. The Morgan fingerprint density at radius 2 is 1.79 bits per heavy atom. The number of hydrogen-bond donors (Lipinski definition) is 3. The minimum atomic E-state index is -3.98. The van der Waals surface area contributed by atoms with Gasteiger partial charge in [-0.3, -0.25) is 9.69 Å². The Labute approximate surface area is 195 Å². The van der Waals surface area contributed by atoms with Gasteiger partial charge in [0.25, 0.3) is 10.0 Å². The Morgan fingerprint density at radius 1 is 1.06 bits per heavy atom. The van der Waals surface area contributed by atoms with Crippen molar-refractivity contribution >= 4 is 28.0 Å². The number of imide groups is 1. The normalized spacial score (nSPS) is 23.6. The monoisotopic (exact) mass is 478 g/mol. The number of carbonyl (C=O) groups excluding carboxylic acids is 3. The van der Waals surface area contributed by atoms with Crippen LogP contribution in [-0.4, -0.2) is 50.4 Å². The summed E-state index contributed by atoms with van der Waals surface area (Å²) in [5.41, 5.74) is 0.828. The third-order valence-corrected chi connectivity index (χ3v) is 8.00. The van der Waals surface area contributed by atoms with Crippen LogP contribution in [0.2, 0.25) is 0 Å². The van der Waals surface area contributed by atoms with Crippen molar-refractivity contribution in [2.75, 3.05) is 13.1 Å². The van der Waals surface area contributed by atoms with Gasteiger partial charge in [-0.2, -0.15) is 0 Å². The van der Waals surface area contributed by atoms with Gasteiger partial charge in [0.15, 0.2) is 0 Å². The molecule has 1 aromatic rings. The van der Waals surface area contributed by atoms with Crippen molar-refractivity contribution in [3.8, 4) is 0 Å². The van der Waals surface area contributed by atoms with E-state index in [9.17, 15) is 22.8 Å². The van der Waals surface area contributed by atoms with E-state index in [1.165, 1.54) is 17.0 Å². The fraction of sp³-hybridized carbons (Fsp3) is 0.609. The van der Waals surface area contributed by atoms with E-state index in [-0.39, 0.29) is 16.8 Å². The smallest absolute Gasteiger partial charge is 0.328 e. The van der Waals surface area contributed by atoms with E-state index in [0.717, 1.165) is 37.7 Å². The first-order valence-electron chi connectivity index (χ1n) is 11.7. The zero-order valence-electron chi connectivity index (χ0n) is 19.3. The molecule has 9 nitrogen and oxygen atoms in total. The molecule has 5 amide bonds. The molecule has 1 saturated carbocycles. The number of carbonyl (C=O) groups is 3. The lowest BCUT2D eigenvalue weighted by Crippen LogP contribution is -2.46. The lowest BCUT2D eigenvalue weighted by Gasteiger charge is -2.32. The molecule has 3 unspecified atom stereocenters. The van der Waals surface area contributed by atoms with Crippen molar-refractivity contribution < 1.29 is 22.8 Å². The number of hydrogen-bond acceptors (Lipinski definition) is 5. The third kappa shape index (κ3) is 6.93. The molecule has 33 heavy (non-hydrogen) atoms. The van der Waals surface area contributed by atoms with E-state index < -0.39 is 22.1 Å². The predicted molar refractivity (Wildman–Crippen MR) is 124 cm³/mol. The van der Waals surface area contributed by atoms with E-state index in [1.54, 1.807) is 12.1 Å². The van der Waals surface area contributed by atoms with Crippen molar-refractivity contribution in [2.24, 2.45) is 11.8 Å². The molecular weight excluding hydrogens is 444 g/mol. The van der Waals surface area contributed by atoms with Crippen LogP contribution in [0.3, 0.4) is 0 Å². The van der Waals surface area contributed by atoms with Gasteiger partial charge in [-0.05, 0) is 68.1 Å². The fourth-order valence-corrected chi connectivity index (χ4v) is 5.25. The summed E-state index contributed by atoms with van der Waals surface area (Å²) in [6.45, 7) is 5.11. The molecule has 1 aliphatic heterocycles. The van der Waals surface area contributed by atoms with Crippen LogP contribution < -0.4 is 15.4 Å². The van der Waals surface area contributed by atoms with E-state index >= 15 is 0 Å². The highest BCUT2D eigenvalue weighted by atomic mass is 32.2. The molecule has 2 fully saturated rings. The topological polar surface area (TPSA) is 125 Å². The van der Waals surface area contributed by atoms with Crippen LogP contribution in [-0.2, 0) is 21.2 Å². The standard InChI is InChI=1S/C23H34N4O5S/c1-16-6-9-19(15-17(16)2)25-22(29)26-33(31,32)20-10-7-18(8-11-20)12-13-24-23(30)27-14-4-3-5-21(27)28/h7-8,10-11,16-17,19H,3-6,9,12-15H2,1-2H3,(H,24,30)(H2,25,26,29). The van der Waals surface area contributed by atoms with Crippen molar-refractivity contribution in [2.45, 2.75) is 69.7 Å². The summed E-state index contributed by atoms with van der Waals surface area (Å²) in [6.07, 6.45) is 5.21. The number of amides is 5. The highest BCUT2D eigenvalue weighted by Gasteiger charge is 2.27. The largest absolute Gasteiger partial charge is 0.337 e. The molecule has 3 rings (SSSR count). The lowest BCUT2D eigenvalue weighted by molar-refractivity contribution is -0.130. The second-order valence-electron chi connectivity index (χ2n) is 9.17. The molecule has 1 aromatic carbocycles. The van der Waals surface area contributed by atoms with Gasteiger partial charge < -0.3 is 10.6 Å². The molecule has 0 radical (unpaired) electrons. The number of piperidine rings is 1. The minimum Gasteiger partial charge on any atom is -0.337 e. The van der Waals surface area contributed by atoms with Gasteiger partial charge in [-0.1, -0.05) is 26.0 Å². The maximum atomic E-state index is 12.6. The van der Waals surface area contributed by atoms with E-state index in [2.05, 4.69) is 29.2 Å². The molecule has 3 atom stereocenters. The zero-order chi connectivity index (χ0) is 24.0. The highest BCUT2D eigenvalue weighted by Crippen LogP contribution is 2.29. The number of urea groups is 2. The van der Waals surface area contributed by atoms with Crippen LogP contribution in [0.25, 0.3) is 0 Å². The summed E-state index contributed by atoms with van der Waals surface area (Å²) in [5.74, 6) is 0.935. The number of benzene rings is 1. The zero-order valence-corrected chi connectivity index (χ0v) is 20.1. The number of nitrogens with one attached hydrogen (secondary N) is 3. The Balaban J connectivity index is 1.46. The number of sulfonamides is 1. The van der Waals surface area contributed by atoms with Crippen LogP contribution in [0.15, 0.2) is 29.2 Å². The van der Waals surface area contributed by atoms with Gasteiger partial charge in [0, 0.05) is 25.6 Å². The van der Waals surface area contributed by atoms with Crippen molar-refractivity contribution in [3.63, 3.8) is 0 Å². The van der Waals surface area contributed by atoms with Crippen LogP contribution in [0.4, 0.5) is 9.59 Å². The van der Waals surface area contributed by atoms with E-state index in [0.29, 0.717) is 37.8 Å². The predicted octanol–water partition coefficient (Wildman–Crippen LogP) is 2.76. The number of rotatable bonds is 6. The van der Waals surface area contributed by atoms with Gasteiger partial charge in [0.05, 0.1) is 4.90 Å². The first kappa shape index (κ1) is 25.0. The summed E-state index contributed by atoms with van der Waals surface area (Å²) in [5, 5.41) is 5.51. The van der Waals surface area contributed by atoms with Gasteiger partial charge in [0.1, 0.15) is 0 Å². The fourth-order valence-electron chi connectivity index (χ4n) is 4.34. The first-order chi connectivity index (χ1) is 15.7. The van der Waals surface area contributed by atoms with Crippen LogP contribution in [0, 0.1) is 11.8 Å². The van der Waals surface area contributed by atoms with E-state index in [4.69, 9.17) is 0 Å². The molecule has 10 heteroatoms. The first-order valence-corrected chi connectivity index (χ1v) is 13.1. The van der Waals surface area contributed by atoms with Gasteiger partial charge in [-0.15, -0.1) is 0 Å². The van der Waals surface area contributed by atoms with Crippen molar-refractivity contribution in [1.82, 2.24) is 20.3 Å². The maximum Gasteiger partial charge on any atom is 0.328 e. The molecule has 3 N–H and O–H groups in total. The molecule has 1 heterocycles. The molecule has 0 spiro atoms. The maximum absolute atomic E-state index is 12.6. The van der Waals surface area contributed by atoms with Gasteiger partial charge in [-0.25, -0.2) is 22.7 Å². The van der Waals surface area contributed by atoms with Crippen molar-refractivity contribution in [1.29, 1.82) is 0 Å². The van der Waals surface area contributed by atoms with Gasteiger partial charge in [0.2, 0.25) is 5.91 Å². The summed E-state index contributed by atoms with van der Waals surface area (Å²) in [4.78, 5) is 37.4. The molecular formula is C23H34N4O5S. The third-order valence-electron chi connectivity index (χ3n) is 6.65. The molecule has 1 aliphatic carbocycles. The summed E-state index contributed by atoms with van der Waals surface area (Å²) < 4.78 is 27.2. The van der Waals surface area contributed by atoms with Gasteiger partial charge >= 0.3 is 12.1 Å². The summed E-state index contributed by atoms with van der Waals surface area (Å²) >= 11 is 0. The lowest BCUT2D eigenvalue weighted by atomic mass is 9.79. The second kappa shape index (κ2) is 11.0. The molecule has 1 saturated heterocycles. The van der Waals surface area contributed by atoms with Crippen LogP contribution in [0.1, 0.15) is 57.9 Å². The quantitative estimate of drug-likeness (QED) is 0.580. The SMILES string of the molecule is CC1CCC(NC(=O)NS(=O)(=O)c2ccc(CCNC(=O)N3CCCCC3=O)cc2)CC1C. The Hall–Kier alpha value is -2.62. The number of nitrogens with zero attached hydrogens (tertiary/aromatic N) is 1. The summed E-state index contributed by atoms with van der Waals surface area (Å²) in [6, 6.07) is 5.04. The number of likely N-dealkylation sites (tertiary alicyclic amines) is 1. The molecule has 182 valence electrons. The Kier molecular flexibility index (Phi) is 8.34. The summed E-state index contributed by atoms with van der Waals surface area (Å²) in [7, 11) is -3.98. The average molecular weight is 479 g/mol. The highest BCUT2D eigenvalue weighted by molar-refractivity contribution is 7.90. The van der Waals surface area contributed by atoms with Crippen molar-refractivity contribution in [3.05, 3.63) is 29.8 Å². The van der Waals surface area contributed by atoms with E-state index in [1.807, 2.05) is 0 Å². The average Bonchev–Trinajstić information content (AvgIpc) is 2.76. The van der Waals surface area contributed by atoms with Crippen LogP contribution in [0.5, 0.6) is 0 Å². The minimum absolute atomic E-state index is 0.00464. The molecule has 0 bridgehead atoms. The Bertz CT molecular complexity index is 964. The molecule has 0 aromatic heterocycles. The molecule has 2 aliphatic rings. The van der Waals surface area contributed by atoms with Crippen LogP contribution >= 0.6 is 0 Å². The Morgan fingerprint density at radius 3 is 2.45 bits per heavy atom.